The third-order valence-electron chi connectivity index (χ3n) is 4.56. The lowest BCUT2D eigenvalue weighted by molar-refractivity contribution is -0.141. The number of esters is 1. The van der Waals surface area contributed by atoms with Crippen molar-refractivity contribution in [1.82, 2.24) is 15.1 Å². The van der Waals surface area contributed by atoms with Gasteiger partial charge in [-0.3, -0.25) is 9.59 Å². The number of halogens is 1. The molecular formula is C22H22BrN3O3. The first-order chi connectivity index (χ1) is 13.9. The summed E-state index contributed by atoms with van der Waals surface area (Å²) in [5, 5.41) is 7.38. The van der Waals surface area contributed by atoms with Crippen LogP contribution >= 0.6 is 15.9 Å². The second-order valence-corrected chi connectivity index (χ2v) is 7.66. The summed E-state index contributed by atoms with van der Waals surface area (Å²) < 4.78 is 7.53. The molecule has 6 nitrogen and oxygen atoms in total. The Hall–Kier alpha value is -2.93. The van der Waals surface area contributed by atoms with Crippen LogP contribution in [0.25, 0.3) is 5.69 Å². The number of aromatic nitrogens is 2. The highest BCUT2D eigenvalue weighted by Gasteiger charge is 2.20. The number of carbonyl (C=O) groups is 2. The second-order valence-electron chi connectivity index (χ2n) is 6.74. The molecular weight excluding hydrogens is 434 g/mol. The van der Waals surface area contributed by atoms with Crippen molar-refractivity contribution in [2.45, 2.75) is 26.3 Å². The molecule has 29 heavy (non-hydrogen) atoms. The van der Waals surface area contributed by atoms with Gasteiger partial charge in [-0.15, -0.1) is 0 Å². The zero-order chi connectivity index (χ0) is 21.0. The fourth-order valence-electron chi connectivity index (χ4n) is 3.08. The van der Waals surface area contributed by atoms with Gasteiger partial charge in [0.15, 0.2) is 0 Å². The highest BCUT2D eigenvalue weighted by molar-refractivity contribution is 9.10. The van der Waals surface area contributed by atoms with Crippen molar-refractivity contribution in [1.29, 1.82) is 0 Å². The Morgan fingerprint density at radius 3 is 2.31 bits per heavy atom. The number of hydrogen-bond acceptors (Lipinski definition) is 4. The number of ether oxygens (including phenoxy) is 1. The van der Waals surface area contributed by atoms with E-state index in [0.717, 1.165) is 27.1 Å². The average molecular weight is 456 g/mol. The van der Waals surface area contributed by atoms with Crippen LogP contribution < -0.4 is 5.32 Å². The number of carbonyl (C=O) groups excluding carboxylic acids is 2. The third-order valence-corrected chi connectivity index (χ3v) is 5.09. The molecule has 0 fully saturated rings. The van der Waals surface area contributed by atoms with E-state index in [0.29, 0.717) is 5.56 Å². The maximum Gasteiger partial charge on any atom is 0.307 e. The van der Waals surface area contributed by atoms with Crippen molar-refractivity contribution in [2.75, 3.05) is 7.11 Å². The second kappa shape index (κ2) is 9.05. The number of nitrogens with one attached hydrogen (secondary N) is 1. The molecule has 150 valence electrons. The van der Waals surface area contributed by atoms with Crippen molar-refractivity contribution in [2.24, 2.45) is 0 Å². The minimum absolute atomic E-state index is 0.0493. The Kier molecular flexibility index (Phi) is 6.49. The first-order valence-corrected chi connectivity index (χ1v) is 9.93. The Morgan fingerprint density at radius 2 is 1.76 bits per heavy atom. The molecule has 1 N–H and O–H groups in total. The van der Waals surface area contributed by atoms with Gasteiger partial charge in [-0.1, -0.05) is 28.1 Å². The molecule has 1 atom stereocenters. The Morgan fingerprint density at radius 1 is 1.10 bits per heavy atom. The molecule has 0 spiro atoms. The molecule has 3 rings (SSSR count). The van der Waals surface area contributed by atoms with Crippen LogP contribution in [0.2, 0.25) is 0 Å². The molecule has 0 aliphatic heterocycles. The van der Waals surface area contributed by atoms with E-state index >= 15 is 0 Å². The van der Waals surface area contributed by atoms with Gasteiger partial charge in [0, 0.05) is 15.7 Å². The van der Waals surface area contributed by atoms with Crippen molar-refractivity contribution < 1.29 is 14.3 Å². The molecule has 7 heteroatoms. The van der Waals surface area contributed by atoms with Crippen LogP contribution in [-0.2, 0) is 9.53 Å². The number of amides is 1. The number of aryl methyl sites for hydroxylation is 2. The Bertz CT molecular complexity index is 1010. The Balaban J connectivity index is 1.79. The summed E-state index contributed by atoms with van der Waals surface area (Å²) in [6.07, 6.45) is 0.0493. The largest absolute Gasteiger partial charge is 0.469 e. The van der Waals surface area contributed by atoms with E-state index in [2.05, 4.69) is 26.3 Å². The maximum absolute atomic E-state index is 12.8. The summed E-state index contributed by atoms with van der Waals surface area (Å²) in [6, 6.07) is 16.2. The molecule has 0 saturated carbocycles. The number of nitrogens with zero attached hydrogens (tertiary/aromatic N) is 2. The minimum Gasteiger partial charge on any atom is -0.469 e. The van der Waals surface area contributed by atoms with Gasteiger partial charge in [-0.25, -0.2) is 4.68 Å². The summed E-state index contributed by atoms with van der Waals surface area (Å²) in [5.41, 5.74) is 4.16. The van der Waals surface area contributed by atoms with E-state index in [1.807, 2.05) is 61.0 Å². The first-order valence-electron chi connectivity index (χ1n) is 9.14. The zero-order valence-corrected chi connectivity index (χ0v) is 18.1. The van der Waals surface area contributed by atoms with Crippen LogP contribution in [0.1, 0.15) is 39.8 Å². The minimum atomic E-state index is -0.487. The molecule has 0 saturated heterocycles. The van der Waals surface area contributed by atoms with Crippen molar-refractivity contribution >= 4 is 27.8 Å². The van der Waals surface area contributed by atoms with Gasteiger partial charge in [-0.2, -0.15) is 5.10 Å². The quantitative estimate of drug-likeness (QED) is 0.562. The third kappa shape index (κ3) is 5.12. The van der Waals surface area contributed by atoms with Gasteiger partial charge in [0.25, 0.3) is 5.91 Å². The predicted octanol–water partition coefficient (Wildman–Crippen LogP) is 4.29. The van der Waals surface area contributed by atoms with Gasteiger partial charge in [0.1, 0.15) is 0 Å². The number of methoxy groups -OCH3 is 1. The fraction of sp³-hybridized carbons (Fsp3) is 0.227. The highest BCUT2D eigenvalue weighted by Crippen LogP contribution is 2.21. The van der Waals surface area contributed by atoms with Crippen LogP contribution in [0, 0.1) is 13.8 Å². The number of benzene rings is 2. The van der Waals surface area contributed by atoms with Gasteiger partial charge in [-0.05, 0) is 61.9 Å². The summed E-state index contributed by atoms with van der Waals surface area (Å²) in [5.74, 6) is -0.653. The monoisotopic (exact) mass is 455 g/mol. The molecule has 3 aromatic rings. The lowest BCUT2D eigenvalue weighted by atomic mass is 10.0. The number of rotatable bonds is 6. The van der Waals surface area contributed by atoms with Gasteiger partial charge >= 0.3 is 5.97 Å². The SMILES string of the molecule is COC(=O)CC(NC(=O)c1ccc(-n2nc(C)cc2C)cc1)c1ccc(Br)cc1. The van der Waals surface area contributed by atoms with Crippen molar-refractivity contribution in [3.63, 3.8) is 0 Å². The fourth-order valence-corrected chi connectivity index (χ4v) is 3.35. The lowest BCUT2D eigenvalue weighted by Gasteiger charge is -2.18. The standard InChI is InChI=1S/C22H22BrN3O3/c1-14-12-15(2)26(25-14)19-10-6-17(7-11-19)22(28)24-20(13-21(27)29-3)16-4-8-18(23)9-5-16/h4-12,20H,13H2,1-3H3,(H,24,28). The van der Waals surface area contributed by atoms with E-state index in [4.69, 9.17) is 4.74 Å². The summed E-state index contributed by atoms with van der Waals surface area (Å²) in [6.45, 7) is 3.92. The van der Waals surface area contributed by atoms with Crippen LogP contribution in [0.4, 0.5) is 0 Å². The summed E-state index contributed by atoms with van der Waals surface area (Å²) in [7, 11) is 1.33. The van der Waals surface area contributed by atoms with Crippen LogP contribution in [0.15, 0.2) is 59.1 Å². The number of hydrogen-bond donors (Lipinski definition) is 1. The van der Waals surface area contributed by atoms with Crippen LogP contribution in [0.3, 0.4) is 0 Å². The molecule has 0 radical (unpaired) electrons. The zero-order valence-electron chi connectivity index (χ0n) is 16.5. The Labute approximate surface area is 178 Å². The molecule has 1 aromatic heterocycles. The topological polar surface area (TPSA) is 73.2 Å². The lowest BCUT2D eigenvalue weighted by Crippen LogP contribution is -2.30. The van der Waals surface area contributed by atoms with Gasteiger partial charge < -0.3 is 10.1 Å². The molecule has 1 unspecified atom stereocenters. The normalized spacial score (nSPS) is 11.7. The smallest absolute Gasteiger partial charge is 0.307 e. The average Bonchev–Trinajstić information content (AvgIpc) is 3.06. The molecule has 1 amide bonds. The van der Waals surface area contributed by atoms with Crippen molar-refractivity contribution in [3.8, 4) is 5.69 Å². The predicted molar refractivity (Wildman–Crippen MR) is 114 cm³/mol. The van der Waals surface area contributed by atoms with E-state index in [1.54, 1.807) is 12.1 Å². The van der Waals surface area contributed by atoms with Gasteiger partial charge in [0.2, 0.25) is 0 Å². The van der Waals surface area contributed by atoms with E-state index < -0.39 is 12.0 Å². The highest BCUT2D eigenvalue weighted by atomic mass is 79.9. The molecule has 2 aromatic carbocycles. The van der Waals surface area contributed by atoms with Gasteiger partial charge in [0.05, 0.1) is 31.0 Å². The molecule has 0 aliphatic carbocycles. The summed E-state index contributed by atoms with van der Waals surface area (Å²) >= 11 is 3.39. The van der Waals surface area contributed by atoms with Crippen LogP contribution in [-0.4, -0.2) is 28.8 Å². The van der Waals surface area contributed by atoms with E-state index in [1.165, 1.54) is 7.11 Å². The first kappa shape index (κ1) is 20.8. The molecule has 1 heterocycles. The van der Waals surface area contributed by atoms with Crippen molar-refractivity contribution in [3.05, 3.63) is 81.6 Å². The maximum atomic E-state index is 12.8. The summed E-state index contributed by atoms with van der Waals surface area (Å²) in [4.78, 5) is 24.6. The van der Waals surface area contributed by atoms with E-state index in [-0.39, 0.29) is 12.3 Å². The molecule has 0 aliphatic rings. The molecule has 0 bridgehead atoms. The van der Waals surface area contributed by atoms with E-state index in [9.17, 15) is 9.59 Å². The van der Waals surface area contributed by atoms with Crippen LogP contribution in [0.5, 0.6) is 0 Å².